The third kappa shape index (κ3) is 8.65. The highest BCUT2D eigenvalue weighted by molar-refractivity contribution is 6.00. The number of nitrogens with one attached hydrogen (secondary N) is 2. The van der Waals surface area contributed by atoms with Crippen molar-refractivity contribution in [2.45, 2.75) is 117 Å². The highest BCUT2D eigenvalue weighted by Crippen LogP contribution is 2.40. The van der Waals surface area contributed by atoms with Crippen LogP contribution in [-0.2, 0) is 33.3 Å². The zero-order valence-electron chi connectivity index (χ0n) is 28.4. The fourth-order valence-corrected chi connectivity index (χ4v) is 6.55. The smallest absolute Gasteiger partial charge is 0.316 e. The minimum Gasteiger partial charge on any atom is -0.459 e. The molecule has 0 radical (unpaired) electrons. The molecule has 2 N–H and O–H groups in total. The summed E-state index contributed by atoms with van der Waals surface area (Å²) >= 11 is 0. The van der Waals surface area contributed by atoms with Crippen LogP contribution in [-0.4, -0.2) is 99.0 Å². The summed E-state index contributed by atoms with van der Waals surface area (Å²) in [5.74, 6) is -3.48. The molecule has 2 amide bonds. The van der Waals surface area contributed by atoms with Crippen molar-refractivity contribution >= 4 is 23.6 Å². The molecule has 2 aliphatic heterocycles. The summed E-state index contributed by atoms with van der Waals surface area (Å²) in [5.41, 5.74) is -1.50. The second kappa shape index (κ2) is 14.6. The van der Waals surface area contributed by atoms with Gasteiger partial charge in [-0.05, 0) is 78.6 Å². The number of likely N-dealkylation sites (N-methyl/N-ethyl adjacent to an activating group) is 1. The second-order valence-electron chi connectivity index (χ2n) is 13.6. The van der Waals surface area contributed by atoms with Crippen molar-refractivity contribution in [2.75, 3.05) is 28.3 Å². The van der Waals surface area contributed by atoms with E-state index in [4.69, 9.17) is 18.9 Å². The fourth-order valence-electron chi connectivity index (χ4n) is 6.55. The van der Waals surface area contributed by atoms with E-state index >= 15 is 0 Å². The van der Waals surface area contributed by atoms with E-state index < -0.39 is 65.3 Å². The Hall–Kier alpha value is -2.34. The summed E-state index contributed by atoms with van der Waals surface area (Å²) < 4.78 is 24.6. The molecule has 6 unspecified atom stereocenters. The minimum atomic E-state index is -1.22. The molecule has 246 valence electrons. The maximum atomic E-state index is 13.9. The predicted octanol–water partition coefficient (Wildman–Crippen LogP) is 3.49. The van der Waals surface area contributed by atoms with Crippen molar-refractivity contribution < 1.29 is 38.1 Å². The quantitative estimate of drug-likeness (QED) is 0.355. The standard InChI is InChI=1S/C32H55N3O8/c1-17-15-31(7,8)27(43-29-26(40-13)23(35(11)12)14-19(3)41-29)20(4)25(37)21(5)28(38)42-22(6)32(9,34-30(39)33-10)16-18(2)24(17)36/h16-17,19-23,26-27,29H,14-15H2,1-13H3,(H2,33,34,39)/b18-16+/t17?,19-,20+,21-,22-,23?,26?,27?,29?,32?/m1/s1. The summed E-state index contributed by atoms with van der Waals surface area (Å²) in [7, 11) is 7.05. The normalized spacial score (nSPS) is 39.3. The molecular formula is C32H55N3O8. The molecule has 0 aromatic heterocycles. The number of esters is 1. The van der Waals surface area contributed by atoms with Crippen molar-refractivity contribution in [1.29, 1.82) is 0 Å². The summed E-state index contributed by atoms with van der Waals surface area (Å²) in [6, 6.07) is -0.479. The van der Waals surface area contributed by atoms with Gasteiger partial charge in [-0.25, -0.2) is 4.79 Å². The van der Waals surface area contributed by atoms with Crippen LogP contribution in [0.5, 0.6) is 0 Å². The summed E-state index contributed by atoms with van der Waals surface area (Å²) in [4.78, 5) is 55.4. The van der Waals surface area contributed by atoms with Crippen LogP contribution in [0.3, 0.4) is 0 Å². The van der Waals surface area contributed by atoms with Crippen LogP contribution in [0.15, 0.2) is 11.6 Å². The zero-order valence-corrected chi connectivity index (χ0v) is 28.4. The summed E-state index contributed by atoms with van der Waals surface area (Å²) in [6.45, 7) is 16.0. The number of amides is 2. The third-order valence-corrected chi connectivity index (χ3v) is 9.19. The number of Topliss-reactive ketones (excluding diaryl/α,β-unsaturated/α-hetero) is 2. The van der Waals surface area contributed by atoms with Gasteiger partial charge in [-0.3, -0.25) is 14.4 Å². The third-order valence-electron chi connectivity index (χ3n) is 9.19. The molecule has 0 aromatic rings. The Morgan fingerprint density at radius 3 is 2.21 bits per heavy atom. The molecule has 0 aromatic carbocycles. The summed E-state index contributed by atoms with van der Waals surface area (Å²) in [6.07, 6.45) is -0.146. The largest absolute Gasteiger partial charge is 0.459 e. The lowest BCUT2D eigenvalue weighted by Gasteiger charge is -2.47. The van der Waals surface area contributed by atoms with Gasteiger partial charge in [0.15, 0.2) is 17.9 Å². The van der Waals surface area contributed by atoms with E-state index in [1.165, 1.54) is 14.0 Å². The van der Waals surface area contributed by atoms with E-state index in [0.717, 1.165) is 6.42 Å². The predicted molar refractivity (Wildman–Crippen MR) is 163 cm³/mol. The maximum absolute atomic E-state index is 13.9. The van der Waals surface area contributed by atoms with Crippen molar-refractivity contribution in [3.05, 3.63) is 11.6 Å². The number of carbonyl (C=O) groups excluding carboxylic acids is 4. The van der Waals surface area contributed by atoms with Gasteiger partial charge in [0.05, 0.1) is 17.7 Å². The van der Waals surface area contributed by atoms with Gasteiger partial charge >= 0.3 is 12.0 Å². The van der Waals surface area contributed by atoms with E-state index in [9.17, 15) is 19.2 Å². The lowest BCUT2D eigenvalue weighted by Crippen LogP contribution is -2.58. The number of allylic oxidation sites excluding steroid dienone is 1. The van der Waals surface area contributed by atoms with Crippen LogP contribution >= 0.6 is 0 Å². The van der Waals surface area contributed by atoms with Crippen LogP contribution < -0.4 is 10.6 Å². The van der Waals surface area contributed by atoms with E-state index in [2.05, 4.69) is 15.5 Å². The highest BCUT2D eigenvalue weighted by Gasteiger charge is 2.48. The average Bonchev–Trinajstić information content (AvgIpc) is 2.92. The molecule has 2 aliphatic rings. The topological polar surface area (TPSA) is 132 Å². The van der Waals surface area contributed by atoms with Gasteiger partial charge in [-0.2, -0.15) is 0 Å². The van der Waals surface area contributed by atoms with Crippen molar-refractivity contribution in [3.8, 4) is 0 Å². The Bertz CT molecular complexity index is 1060. The Labute approximate surface area is 257 Å². The first-order valence-electron chi connectivity index (χ1n) is 15.3. The summed E-state index contributed by atoms with van der Waals surface area (Å²) in [5, 5.41) is 5.30. The SMILES string of the molecule is CNC(=O)NC1(C)/C=C(\C)C(=O)C(C)CC(C)(C)C(OC2O[C@H](C)CC(N(C)C)C2OC)[C@@H](C)C(=O)[C@@H](C)C(=O)O[C@@H]1C. The Morgan fingerprint density at radius 1 is 1.07 bits per heavy atom. The van der Waals surface area contributed by atoms with Crippen LogP contribution in [0.1, 0.15) is 75.2 Å². The van der Waals surface area contributed by atoms with Gasteiger partial charge in [0.2, 0.25) is 0 Å². The van der Waals surface area contributed by atoms with Crippen LogP contribution in [0, 0.1) is 23.2 Å². The van der Waals surface area contributed by atoms with Gasteiger partial charge < -0.3 is 34.5 Å². The van der Waals surface area contributed by atoms with E-state index in [-0.39, 0.29) is 23.7 Å². The Morgan fingerprint density at radius 2 is 1.67 bits per heavy atom. The number of hydrogen-bond acceptors (Lipinski definition) is 9. The van der Waals surface area contributed by atoms with Crippen LogP contribution in [0.2, 0.25) is 0 Å². The molecule has 0 aliphatic carbocycles. The highest BCUT2D eigenvalue weighted by atomic mass is 16.7. The van der Waals surface area contributed by atoms with Crippen molar-refractivity contribution in [2.24, 2.45) is 23.2 Å². The monoisotopic (exact) mass is 609 g/mol. The minimum absolute atomic E-state index is 0.0211. The molecule has 2 heterocycles. The van der Waals surface area contributed by atoms with Crippen LogP contribution in [0.4, 0.5) is 4.79 Å². The van der Waals surface area contributed by atoms with Crippen molar-refractivity contribution in [3.63, 3.8) is 0 Å². The fraction of sp³-hybridized carbons (Fsp3) is 0.812. The molecule has 43 heavy (non-hydrogen) atoms. The van der Waals surface area contributed by atoms with E-state index in [0.29, 0.717) is 12.0 Å². The second-order valence-corrected chi connectivity index (χ2v) is 13.6. The Kier molecular flexibility index (Phi) is 12.5. The molecule has 11 heteroatoms. The molecular weight excluding hydrogens is 554 g/mol. The van der Waals surface area contributed by atoms with Gasteiger partial charge in [0.1, 0.15) is 18.1 Å². The lowest BCUT2D eigenvalue weighted by molar-refractivity contribution is -0.289. The molecule has 1 saturated heterocycles. The molecule has 0 spiro atoms. The van der Waals surface area contributed by atoms with Gasteiger partial charge in [-0.15, -0.1) is 0 Å². The lowest BCUT2D eigenvalue weighted by atomic mass is 9.71. The number of hydrogen-bond donors (Lipinski definition) is 2. The van der Waals surface area contributed by atoms with Gasteiger partial charge in [0, 0.05) is 32.0 Å². The van der Waals surface area contributed by atoms with Crippen molar-refractivity contribution in [1.82, 2.24) is 15.5 Å². The Balaban J connectivity index is 2.61. The number of methoxy groups -OCH3 is 1. The first-order valence-corrected chi connectivity index (χ1v) is 15.3. The van der Waals surface area contributed by atoms with E-state index in [1.54, 1.807) is 40.9 Å². The number of ketones is 2. The molecule has 0 bridgehead atoms. The van der Waals surface area contributed by atoms with E-state index in [1.807, 2.05) is 41.8 Å². The number of nitrogens with zero attached hydrogens (tertiary/aromatic N) is 1. The number of carbonyl (C=O) groups is 4. The van der Waals surface area contributed by atoms with Gasteiger partial charge in [0.25, 0.3) is 0 Å². The molecule has 1 fully saturated rings. The number of urea groups is 1. The average molecular weight is 610 g/mol. The first-order chi connectivity index (χ1) is 19.8. The zero-order chi connectivity index (χ0) is 33.0. The maximum Gasteiger partial charge on any atom is 0.316 e. The van der Waals surface area contributed by atoms with Gasteiger partial charge in [-0.1, -0.05) is 27.7 Å². The molecule has 10 atom stereocenters. The number of cyclic esters (lactones) is 1. The molecule has 2 rings (SSSR count). The first kappa shape index (κ1) is 36.8. The molecule has 11 nitrogen and oxygen atoms in total. The number of ether oxygens (including phenoxy) is 4. The van der Waals surface area contributed by atoms with Crippen LogP contribution in [0.25, 0.3) is 0 Å². The number of rotatable bonds is 5. The molecule has 0 saturated carbocycles.